The van der Waals surface area contributed by atoms with Gasteiger partial charge in [0.15, 0.2) is 5.69 Å². The summed E-state index contributed by atoms with van der Waals surface area (Å²) in [7, 11) is 3.01. The van der Waals surface area contributed by atoms with E-state index in [9.17, 15) is 14.4 Å². The molecule has 0 radical (unpaired) electrons. The van der Waals surface area contributed by atoms with Crippen LogP contribution in [-0.2, 0) is 4.79 Å². The maximum Gasteiger partial charge on any atom is 0.272 e. The van der Waals surface area contributed by atoms with Crippen molar-refractivity contribution in [3.8, 4) is 11.5 Å². The molecule has 11 heteroatoms. The number of rotatable bonds is 11. The summed E-state index contributed by atoms with van der Waals surface area (Å²) in [6.07, 6.45) is 5.93. The van der Waals surface area contributed by atoms with Gasteiger partial charge in [-0.1, -0.05) is 32.6 Å². The van der Waals surface area contributed by atoms with Crippen molar-refractivity contribution in [1.82, 2.24) is 9.69 Å². The van der Waals surface area contributed by atoms with Crippen molar-refractivity contribution < 1.29 is 23.9 Å². The molecule has 1 aliphatic rings. The molecular formula is C24H33N5O5S. The average Bonchev–Trinajstić information content (AvgIpc) is 3.50. The lowest BCUT2D eigenvalue weighted by molar-refractivity contribution is -0.123. The lowest BCUT2D eigenvalue weighted by atomic mass is 10.0. The number of benzene rings is 1. The first kappa shape index (κ1) is 26.3. The van der Waals surface area contributed by atoms with E-state index in [-0.39, 0.29) is 28.2 Å². The number of amides is 3. The van der Waals surface area contributed by atoms with E-state index in [1.54, 1.807) is 18.2 Å². The molecule has 3 amide bonds. The van der Waals surface area contributed by atoms with Crippen LogP contribution in [0.1, 0.15) is 72.0 Å². The van der Waals surface area contributed by atoms with Crippen molar-refractivity contribution in [3.63, 3.8) is 0 Å². The number of unbranched alkanes of at least 4 members (excludes halogenated alkanes) is 1. The van der Waals surface area contributed by atoms with Crippen LogP contribution in [-0.4, -0.2) is 48.4 Å². The minimum absolute atomic E-state index is 0.0341. The molecule has 1 atom stereocenters. The van der Waals surface area contributed by atoms with Gasteiger partial charge < -0.3 is 26.3 Å². The topological polar surface area (TPSA) is 150 Å². The molecule has 1 aromatic heterocycles. The summed E-state index contributed by atoms with van der Waals surface area (Å²) in [4.78, 5) is 40.7. The Labute approximate surface area is 209 Å². The summed E-state index contributed by atoms with van der Waals surface area (Å²) in [5, 5.41) is 3.13. The fourth-order valence-electron chi connectivity index (χ4n) is 4.28. The number of carbonyl (C=O) groups is 3. The summed E-state index contributed by atoms with van der Waals surface area (Å²) in [6.45, 7) is 2.02. The largest absolute Gasteiger partial charge is 0.497 e. The van der Waals surface area contributed by atoms with Crippen LogP contribution in [0.15, 0.2) is 18.2 Å². The van der Waals surface area contributed by atoms with E-state index in [0.29, 0.717) is 23.6 Å². The predicted octanol–water partition coefficient (Wildman–Crippen LogP) is 3.11. The smallest absolute Gasteiger partial charge is 0.272 e. The Kier molecular flexibility index (Phi) is 8.91. The molecule has 190 valence electrons. The van der Waals surface area contributed by atoms with Gasteiger partial charge in [0.25, 0.3) is 11.8 Å². The number of anilines is 2. The van der Waals surface area contributed by atoms with Crippen LogP contribution in [0.5, 0.6) is 11.5 Å². The third kappa shape index (κ3) is 5.84. The van der Waals surface area contributed by atoms with E-state index in [0.717, 1.165) is 50.1 Å². The van der Waals surface area contributed by atoms with Gasteiger partial charge in [-0.15, -0.1) is 0 Å². The number of aromatic nitrogens is 1. The first-order chi connectivity index (χ1) is 16.8. The zero-order chi connectivity index (χ0) is 25.5. The second kappa shape index (κ2) is 11.9. The van der Waals surface area contributed by atoms with Crippen molar-refractivity contribution in [2.24, 2.45) is 5.73 Å². The number of primary amides is 1. The van der Waals surface area contributed by atoms with Gasteiger partial charge in [-0.25, -0.2) is 0 Å². The highest BCUT2D eigenvalue weighted by Gasteiger charge is 2.37. The van der Waals surface area contributed by atoms with Crippen molar-refractivity contribution in [2.75, 3.05) is 24.9 Å². The van der Waals surface area contributed by atoms with E-state index in [1.165, 1.54) is 19.1 Å². The number of hydrogen-bond acceptors (Lipinski definition) is 8. The van der Waals surface area contributed by atoms with E-state index in [1.807, 2.05) is 6.92 Å². The summed E-state index contributed by atoms with van der Waals surface area (Å²) < 4.78 is 14.9. The Hall–Kier alpha value is -3.34. The third-order valence-corrected chi connectivity index (χ3v) is 7.02. The Morgan fingerprint density at radius 2 is 1.94 bits per heavy atom. The number of nitrogens with zero attached hydrogens (tertiary/aromatic N) is 2. The molecule has 0 spiro atoms. The molecule has 1 fully saturated rings. The molecule has 1 aromatic carbocycles. The number of hydrogen-bond donors (Lipinski definition) is 3. The van der Waals surface area contributed by atoms with Crippen LogP contribution in [0, 0.1) is 0 Å². The van der Waals surface area contributed by atoms with E-state index < -0.39 is 17.9 Å². The fraction of sp³-hybridized carbons (Fsp3) is 0.500. The lowest BCUT2D eigenvalue weighted by Gasteiger charge is -2.32. The van der Waals surface area contributed by atoms with Gasteiger partial charge in [0.2, 0.25) is 5.91 Å². The highest BCUT2D eigenvalue weighted by Crippen LogP contribution is 2.37. The van der Waals surface area contributed by atoms with Crippen LogP contribution in [0.2, 0.25) is 0 Å². The Bertz CT molecular complexity index is 1070. The zero-order valence-corrected chi connectivity index (χ0v) is 21.2. The van der Waals surface area contributed by atoms with Gasteiger partial charge >= 0.3 is 0 Å². The maximum absolute atomic E-state index is 14.0. The van der Waals surface area contributed by atoms with Crippen LogP contribution < -0.4 is 31.2 Å². The van der Waals surface area contributed by atoms with Crippen molar-refractivity contribution in [2.45, 2.75) is 64.0 Å². The number of carbonyl (C=O) groups excluding carboxylic acids is 3. The van der Waals surface area contributed by atoms with Gasteiger partial charge in [0.1, 0.15) is 22.4 Å². The highest BCUT2D eigenvalue weighted by molar-refractivity contribution is 7.09. The Morgan fingerprint density at radius 3 is 2.51 bits per heavy atom. The minimum Gasteiger partial charge on any atom is -0.497 e. The standard InChI is InChI=1S/C24H33N5O5S/c1-4-5-10-17(23(31)27-14-8-6-7-9-14)29(16-12-11-15(33-2)13-18(16)34-3)24(32)21-19(25)20(22(26)30)28-35-21/h11-14,17H,4-10,25H2,1-3H3,(H2,26,30)(H,27,31)/t17-/m0/s1. The summed E-state index contributed by atoms with van der Waals surface area (Å²) in [6, 6.07) is 4.25. The molecule has 0 aliphatic heterocycles. The molecule has 10 nitrogen and oxygen atoms in total. The third-order valence-electron chi connectivity index (χ3n) is 6.17. The molecule has 1 aliphatic carbocycles. The Morgan fingerprint density at radius 1 is 1.23 bits per heavy atom. The number of nitrogens with one attached hydrogen (secondary N) is 1. The van der Waals surface area contributed by atoms with E-state index >= 15 is 0 Å². The van der Waals surface area contributed by atoms with Gasteiger partial charge in [0.05, 0.1) is 25.6 Å². The molecule has 0 unspecified atom stereocenters. The van der Waals surface area contributed by atoms with Gasteiger partial charge in [0, 0.05) is 12.1 Å². The SMILES string of the molecule is CCCC[C@@H](C(=O)NC1CCCC1)N(C(=O)c1snc(C(N)=O)c1N)c1ccc(OC)cc1OC. The van der Waals surface area contributed by atoms with Crippen molar-refractivity contribution >= 4 is 40.6 Å². The molecule has 0 saturated heterocycles. The maximum atomic E-state index is 14.0. The molecule has 1 heterocycles. The monoisotopic (exact) mass is 503 g/mol. The van der Waals surface area contributed by atoms with E-state index in [2.05, 4.69) is 9.69 Å². The van der Waals surface area contributed by atoms with Gasteiger partial charge in [-0.2, -0.15) is 4.37 Å². The van der Waals surface area contributed by atoms with Crippen molar-refractivity contribution in [1.29, 1.82) is 0 Å². The molecular weight excluding hydrogens is 470 g/mol. The van der Waals surface area contributed by atoms with E-state index in [4.69, 9.17) is 20.9 Å². The quantitative estimate of drug-likeness (QED) is 0.426. The minimum atomic E-state index is -0.830. The van der Waals surface area contributed by atoms with Crippen LogP contribution >= 0.6 is 11.5 Å². The van der Waals surface area contributed by atoms with Crippen LogP contribution in [0.25, 0.3) is 0 Å². The second-order valence-electron chi connectivity index (χ2n) is 8.50. The lowest BCUT2D eigenvalue weighted by Crippen LogP contribution is -2.52. The molecule has 2 aromatic rings. The van der Waals surface area contributed by atoms with Crippen LogP contribution in [0.4, 0.5) is 11.4 Å². The molecule has 3 rings (SSSR count). The van der Waals surface area contributed by atoms with Gasteiger partial charge in [-0.05, 0) is 42.9 Å². The molecule has 1 saturated carbocycles. The predicted molar refractivity (Wildman–Crippen MR) is 135 cm³/mol. The van der Waals surface area contributed by atoms with Crippen molar-refractivity contribution in [3.05, 3.63) is 28.8 Å². The molecule has 35 heavy (non-hydrogen) atoms. The second-order valence-corrected chi connectivity index (χ2v) is 9.27. The highest BCUT2D eigenvalue weighted by atomic mass is 32.1. The number of nitrogen functional groups attached to an aromatic ring is 1. The normalized spacial score (nSPS) is 14.4. The molecule has 5 N–H and O–H groups in total. The summed E-state index contributed by atoms with van der Waals surface area (Å²) in [5.41, 5.74) is 11.6. The summed E-state index contributed by atoms with van der Waals surface area (Å²) >= 11 is 0.778. The number of nitrogens with two attached hydrogens (primary N) is 2. The zero-order valence-electron chi connectivity index (χ0n) is 20.3. The first-order valence-electron chi connectivity index (χ1n) is 11.7. The summed E-state index contributed by atoms with van der Waals surface area (Å²) in [5.74, 6) is -0.737. The Balaban J connectivity index is 2.12. The van der Waals surface area contributed by atoms with Gasteiger partial charge in [-0.3, -0.25) is 19.3 Å². The molecule has 0 bridgehead atoms. The first-order valence-corrected chi connectivity index (χ1v) is 12.5. The average molecular weight is 504 g/mol. The van der Waals surface area contributed by atoms with Crippen LogP contribution in [0.3, 0.4) is 0 Å². The number of ether oxygens (including phenoxy) is 2. The fourth-order valence-corrected chi connectivity index (χ4v) is 5.03. The number of methoxy groups -OCH3 is 2.